The molecule has 3 aromatic rings. The first-order valence-corrected chi connectivity index (χ1v) is 8.66. The van der Waals surface area contributed by atoms with E-state index >= 15 is 0 Å². The van der Waals surface area contributed by atoms with Crippen LogP contribution in [0.15, 0.2) is 57.4 Å². The number of rotatable bonds is 5. The predicted molar refractivity (Wildman–Crippen MR) is 102 cm³/mol. The molecule has 5 heteroatoms. The molecule has 25 heavy (non-hydrogen) atoms. The van der Waals surface area contributed by atoms with Gasteiger partial charge in [-0.3, -0.25) is 0 Å². The zero-order valence-electron chi connectivity index (χ0n) is 14.0. The van der Waals surface area contributed by atoms with Crippen molar-refractivity contribution in [3.05, 3.63) is 75.5 Å². The maximum Gasteiger partial charge on any atom is 0.335 e. The first-order chi connectivity index (χ1) is 11.9. The molecule has 1 aromatic heterocycles. The molecule has 0 amide bonds. The van der Waals surface area contributed by atoms with Gasteiger partial charge in [-0.05, 0) is 73.5 Å². The van der Waals surface area contributed by atoms with Crippen LogP contribution in [-0.2, 0) is 6.54 Å². The van der Waals surface area contributed by atoms with Crippen molar-refractivity contribution in [2.75, 3.05) is 5.32 Å². The highest BCUT2D eigenvalue weighted by molar-refractivity contribution is 9.10. The van der Waals surface area contributed by atoms with Gasteiger partial charge in [0.05, 0.1) is 12.1 Å². The van der Waals surface area contributed by atoms with Crippen molar-refractivity contribution in [2.24, 2.45) is 0 Å². The van der Waals surface area contributed by atoms with E-state index in [0.29, 0.717) is 6.54 Å². The third-order valence-electron chi connectivity index (χ3n) is 4.04. The van der Waals surface area contributed by atoms with Gasteiger partial charge in [0.1, 0.15) is 11.5 Å². The van der Waals surface area contributed by atoms with Gasteiger partial charge in [0.15, 0.2) is 0 Å². The maximum atomic E-state index is 11.0. The van der Waals surface area contributed by atoms with Crippen LogP contribution < -0.4 is 5.32 Å². The van der Waals surface area contributed by atoms with Gasteiger partial charge in [0, 0.05) is 15.7 Å². The lowest BCUT2D eigenvalue weighted by molar-refractivity contribution is 0.0697. The number of anilines is 1. The van der Waals surface area contributed by atoms with Crippen molar-refractivity contribution in [1.29, 1.82) is 0 Å². The number of hydrogen-bond acceptors (Lipinski definition) is 3. The Morgan fingerprint density at radius 3 is 2.56 bits per heavy atom. The number of hydrogen-bond donors (Lipinski definition) is 2. The highest BCUT2D eigenvalue weighted by Crippen LogP contribution is 2.28. The van der Waals surface area contributed by atoms with Crippen LogP contribution in [0.4, 0.5) is 5.69 Å². The summed E-state index contributed by atoms with van der Waals surface area (Å²) in [4.78, 5) is 11.0. The molecular weight excluding hydrogens is 382 g/mol. The summed E-state index contributed by atoms with van der Waals surface area (Å²) >= 11 is 3.47. The summed E-state index contributed by atoms with van der Waals surface area (Å²) in [6.45, 7) is 4.46. The minimum atomic E-state index is -0.921. The van der Waals surface area contributed by atoms with Gasteiger partial charge < -0.3 is 14.8 Å². The Balaban J connectivity index is 1.73. The molecule has 0 aliphatic heterocycles. The normalized spacial score (nSPS) is 10.7. The number of carboxylic acids is 1. The zero-order valence-corrected chi connectivity index (χ0v) is 15.6. The standard InChI is InChI=1S/C20H18BrNO3/c1-12-10-15(21)4-6-17(12)19-8-5-16(25-19)11-22-18-7-3-14(20(23)24)9-13(18)2/h3-10,22H,11H2,1-2H3,(H,23,24). The number of carboxylic acid groups (broad SMARTS) is 1. The van der Waals surface area contributed by atoms with E-state index in [0.717, 1.165) is 38.4 Å². The molecule has 0 saturated carbocycles. The van der Waals surface area contributed by atoms with Gasteiger partial charge in [-0.15, -0.1) is 0 Å². The number of aromatic carboxylic acids is 1. The Hall–Kier alpha value is -2.53. The second-order valence-corrected chi connectivity index (χ2v) is 6.83. The fourth-order valence-corrected chi connectivity index (χ4v) is 3.17. The molecule has 0 aliphatic carbocycles. The minimum Gasteiger partial charge on any atom is -0.478 e. The summed E-state index contributed by atoms with van der Waals surface area (Å²) in [7, 11) is 0. The summed E-state index contributed by atoms with van der Waals surface area (Å²) in [5.41, 5.74) is 4.27. The molecule has 1 heterocycles. The van der Waals surface area contributed by atoms with Crippen LogP contribution in [0.1, 0.15) is 27.2 Å². The van der Waals surface area contributed by atoms with E-state index in [2.05, 4.69) is 27.3 Å². The Bertz CT molecular complexity index is 930. The molecule has 0 radical (unpaired) electrons. The van der Waals surface area contributed by atoms with Crippen molar-refractivity contribution in [3.63, 3.8) is 0 Å². The topological polar surface area (TPSA) is 62.5 Å². The third kappa shape index (κ3) is 3.94. The van der Waals surface area contributed by atoms with Crippen molar-refractivity contribution < 1.29 is 14.3 Å². The molecular formula is C20H18BrNO3. The second-order valence-electron chi connectivity index (χ2n) is 5.91. The SMILES string of the molecule is Cc1cc(C(=O)O)ccc1NCc1ccc(-c2ccc(Br)cc2C)o1. The molecule has 0 atom stereocenters. The third-order valence-corrected chi connectivity index (χ3v) is 4.54. The molecule has 2 N–H and O–H groups in total. The molecule has 0 spiro atoms. The van der Waals surface area contributed by atoms with Crippen LogP contribution in [-0.4, -0.2) is 11.1 Å². The summed E-state index contributed by atoms with van der Waals surface area (Å²) in [6.07, 6.45) is 0. The smallest absolute Gasteiger partial charge is 0.335 e. The van der Waals surface area contributed by atoms with E-state index in [4.69, 9.17) is 9.52 Å². The summed E-state index contributed by atoms with van der Waals surface area (Å²) in [5, 5.41) is 12.3. The zero-order chi connectivity index (χ0) is 18.0. The molecule has 0 aliphatic rings. The monoisotopic (exact) mass is 399 g/mol. The van der Waals surface area contributed by atoms with E-state index in [9.17, 15) is 4.79 Å². The molecule has 0 unspecified atom stereocenters. The van der Waals surface area contributed by atoms with Gasteiger partial charge in [0.2, 0.25) is 0 Å². The lowest BCUT2D eigenvalue weighted by Crippen LogP contribution is -2.02. The van der Waals surface area contributed by atoms with Crippen LogP contribution in [0.2, 0.25) is 0 Å². The second kappa shape index (κ2) is 7.15. The molecule has 0 bridgehead atoms. The van der Waals surface area contributed by atoms with E-state index in [1.807, 2.05) is 38.1 Å². The van der Waals surface area contributed by atoms with Gasteiger partial charge in [0.25, 0.3) is 0 Å². The lowest BCUT2D eigenvalue weighted by atomic mass is 10.1. The molecule has 0 fully saturated rings. The Kier molecular flexibility index (Phi) is 4.95. The fourth-order valence-electron chi connectivity index (χ4n) is 2.70. The van der Waals surface area contributed by atoms with Gasteiger partial charge in [-0.1, -0.05) is 15.9 Å². The first kappa shape index (κ1) is 17.3. The Labute approximate surface area is 154 Å². The van der Waals surface area contributed by atoms with Gasteiger partial charge >= 0.3 is 5.97 Å². The van der Waals surface area contributed by atoms with Crippen LogP contribution in [0.3, 0.4) is 0 Å². The maximum absolute atomic E-state index is 11.0. The molecule has 0 saturated heterocycles. The van der Waals surface area contributed by atoms with Crippen molar-refractivity contribution in [1.82, 2.24) is 0 Å². The van der Waals surface area contributed by atoms with E-state index in [1.54, 1.807) is 18.2 Å². The summed E-state index contributed by atoms with van der Waals surface area (Å²) in [6, 6.07) is 15.0. The average Bonchev–Trinajstić information content (AvgIpc) is 3.02. The Morgan fingerprint density at radius 1 is 1.08 bits per heavy atom. The number of halogens is 1. The number of carbonyl (C=O) groups is 1. The number of benzene rings is 2. The quantitative estimate of drug-likeness (QED) is 0.582. The van der Waals surface area contributed by atoms with Gasteiger partial charge in [-0.2, -0.15) is 0 Å². The first-order valence-electron chi connectivity index (χ1n) is 7.87. The Morgan fingerprint density at radius 2 is 1.88 bits per heavy atom. The highest BCUT2D eigenvalue weighted by Gasteiger charge is 2.09. The number of aryl methyl sites for hydroxylation is 2. The number of nitrogens with one attached hydrogen (secondary N) is 1. The lowest BCUT2D eigenvalue weighted by Gasteiger charge is -2.09. The molecule has 4 nitrogen and oxygen atoms in total. The average molecular weight is 400 g/mol. The van der Waals surface area contributed by atoms with Crippen LogP contribution >= 0.6 is 15.9 Å². The van der Waals surface area contributed by atoms with Crippen LogP contribution in [0.25, 0.3) is 11.3 Å². The van der Waals surface area contributed by atoms with Crippen molar-refractivity contribution in [3.8, 4) is 11.3 Å². The van der Waals surface area contributed by atoms with Crippen molar-refractivity contribution >= 4 is 27.6 Å². The number of furan rings is 1. The summed E-state index contributed by atoms with van der Waals surface area (Å²) in [5.74, 6) is 0.731. The summed E-state index contributed by atoms with van der Waals surface area (Å²) < 4.78 is 6.99. The van der Waals surface area contributed by atoms with Crippen LogP contribution in [0, 0.1) is 13.8 Å². The van der Waals surface area contributed by atoms with E-state index in [-0.39, 0.29) is 5.56 Å². The fraction of sp³-hybridized carbons (Fsp3) is 0.150. The largest absolute Gasteiger partial charge is 0.478 e. The highest BCUT2D eigenvalue weighted by atomic mass is 79.9. The van der Waals surface area contributed by atoms with Crippen molar-refractivity contribution in [2.45, 2.75) is 20.4 Å². The van der Waals surface area contributed by atoms with Gasteiger partial charge in [-0.25, -0.2) is 4.79 Å². The molecule has 2 aromatic carbocycles. The predicted octanol–water partition coefficient (Wildman–Crippen LogP) is 5.64. The van der Waals surface area contributed by atoms with E-state index in [1.165, 1.54) is 0 Å². The minimum absolute atomic E-state index is 0.286. The molecule has 3 rings (SSSR count). The van der Waals surface area contributed by atoms with Crippen LogP contribution in [0.5, 0.6) is 0 Å². The van der Waals surface area contributed by atoms with E-state index < -0.39 is 5.97 Å². The molecule has 128 valence electrons.